The number of amides is 1. The van der Waals surface area contributed by atoms with E-state index in [-0.39, 0.29) is 5.69 Å². The van der Waals surface area contributed by atoms with Crippen LogP contribution in [0, 0.1) is 17.2 Å². The second-order valence-corrected chi connectivity index (χ2v) is 5.32. The summed E-state index contributed by atoms with van der Waals surface area (Å²) in [6.07, 6.45) is 0. The first kappa shape index (κ1) is 15.2. The Morgan fingerprint density at radius 1 is 1.43 bits per heavy atom. The summed E-state index contributed by atoms with van der Waals surface area (Å²) in [5, 5.41) is 13.8. The van der Waals surface area contributed by atoms with E-state index >= 15 is 0 Å². The van der Waals surface area contributed by atoms with Crippen LogP contribution in [-0.2, 0) is 4.79 Å². The molecule has 0 aliphatic rings. The minimum Gasteiger partial charge on any atom is -0.358 e. The third kappa shape index (κ3) is 3.10. The Morgan fingerprint density at radius 2 is 2.14 bits per heavy atom. The fourth-order valence-corrected chi connectivity index (χ4v) is 2.80. The van der Waals surface area contributed by atoms with Gasteiger partial charge in [0, 0.05) is 18.0 Å². The van der Waals surface area contributed by atoms with Crippen molar-refractivity contribution in [1.82, 2.24) is 10.3 Å². The molecule has 2 aromatic rings. The molecule has 0 unspecified atom stereocenters. The molecule has 21 heavy (non-hydrogen) atoms. The van der Waals surface area contributed by atoms with Gasteiger partial charge in [-0.3, -0.25) is 9.59 Å². The fraction of sp³-hybridized carbons (Fsp3) is 0.143. The number of benzene rings is 1. The monoisotopic (exact) mass is 319 g/mol. The van der Waals surface area contributed by atoms with Crippen LogP contribution in [0.15, 0.2) is 29.6 Å². The number of hydrogen-bond donors (Lipinski definition) is 1. The second kappa shape index (κ2) is 6.48. The van der Waals surface area contributed by atoms with Crippen LogP contribution in [0.4, 0.5) is 0 Å². The zero-order chi connectivity index (χ0) is 15.4. The van der Waals surface area contributed by atoms with Crippen molar-refractivity contribution in [2.24, 2.45) is 5.92 Å². The molecule has 0 aliphatic heterocycles. The maximum absolute atomic E-state index is 12.1. The number of nitriles is 1. The van der Waals surface area contributed by atoms with Crippen LogP contribution >= 0.6 is 22.9 Å². The molecule has 1 heterocycles. The predicted octanol–water partition coefficient (Wildman–Crippen LogP) is 2.53. The number of aromatic nitrogens is 1. The largest absolute Gasteiger partial charge is 0.358 e. The number of nitrogens with zero attached hydrogens (tertiary/aromatic N) is 2. The number of halogens is 1. The maximum atomic E-state index is 12.1. The van der Waals surface area contributed by atoms with Gasteiger partial charge in [-0.2, -0.15) is 5.26 Å². The summed E-state index contributed by atoms with van der Waals surface area (Å²) >= 11 is 7.31. The molecule has 1 amide bonds. The Hall–Kier alpha value is -2.23. The first-order valence-corrected chi connectivity index (χ1v) is 7.20. The summed E-state index contributed by atoms with van der Waals surface area (Å²) in [4.78, 5) is 27.8. The summed E-state index contributed by atoms with van der Waals surface area (Å²) in [5.74, 6) is -2.66. The van der Waals surface area contributed by atoms with Gasteiger partial charge in [-0.25, -0.2) is 4.98 Å². The molecule has 7 heteroatoms. The Balaban J connectivity index is 2.32. The fourth-order valence-electron chi connectivity index (χ4n) is 1.67. The van der Waals surface area contributed by atoms with Crippen LogP contribution in [0.5, 0.6) is 0 Å². The van der Waals surface area contributed by atoms with Crippen molar-refractivity contribution in [3.63, 3.8) is 0 Å². The van der Waals surface area contributed by atoms with Crippen LogP contribution < -0.4 is 5.32 Å². The third-order valence-corrected chi connectivity index (χ3v) is 3.97. The molecule has 1 aromatic heterocycles. The zero-order valence-corrected chi connectivity index (χ0v) is 12.5. The van der Waals surface area contributed by atoms with E-state index in [1.54, 1.807) is 24.3 Å². The normalized spacial score (nSPS) is 11.5. The van der Waals surface area contributed by atoms with Crippen molar-refractivity contribution in [3.8, 4) is 16.6 Å². The number of carbonyl (C=O) groups excluding carboxylic acids is 2. The van der Waals surface area contributed by atoms with Gasteiger partial charge < -0.3 is 5.32 Å². The van der Waals surface area contributed by atoms with Crippen molar-refractivity contribution >= 4 is 34.6 Å². The standard InChI is InChI=1S/C14H10ClN3O2S/c1-17-13(20)9(6-16)12(19)11-7-21-14(18-11)8-4-2-3-5-10(8)15/h2-5,7,9H,1H3,(H,17,20)/t9-/m0/s1. The molecule has 0 bridgehead atoms. The second-order valence-electron chi connectivity index (χ2n) is 4.06. The number of thiazole rings is 1. The van der Waals surface area contributed by atoms with E-state index < -0.39 is 17.6 Å². The van der Waals surface area contributed by atoms with E-state index in [1.807, 2.05) is 6.07 Å². The van der Waals surface area contributed by atoms with E-state index in [9.17, 15) is 9.59 Å². The molecule has 2 rings (SSSR count). The Morgan fingerprint density at radius 3 is 2.76 bits per heavy atom. The number of nitrogens with one attached hydrogen (secondary N) is 1. The summed E-state index contributed by atoms with van der Waals surface area (Å²) in [6.45, 7) is 0. The summed E-state index contributed by atoms with van der Waals surface area (Å²) < 4.78 is 0. The van der Waals surface area contributed by atoms with Gasteiger partial charge in [-0.15, -0.1) is 11.3 Å². The smallest absolute Gasteiger partial charge is 0.245 e. The van der Waals surface area contributed by atoms with Crippen LogP contribution in [-0.4, -0.2) is 23.7 Å². The van der Waals surface area contributed by atoms with Crippen molar-refractivity contribution in [3.05, 3.63) is 40.4 Å². The van der Waals surface area contributed by atoms with E-state index in [0.717, 1.165) is 0 Å². The highest BCUT2D eigenvalue weighted by Gasteiger charge is 2.28. The first-order valence-electron chi connectivity index (χ1n) is 5.94. The van der Waals surface area contributed by atoms with Crippen molar-refractivity contribution in [1.29, 1.82) is 5.26 Å². The van der Waals surface area contributed by atoms with Crippen LogP contribution in [0.1, 0.15) is 10.5 Å². The topological polar surface area (TPSA) is 82.9 Å². The van der Waals surface area contributed by atoms with Crippen molar-refractivity contribution in [2.45, 2.75) is 0 Å². The lowest BCUT2D eigenvalue weighted by Crippen LogP contribution is -2.32. The Bertz CT molecular complexity index is 736. The highest BCUT2D eigenvalue weighted by molar-refractivity contribution is 7.13. The predicted molar refractivity (Wildman–Crippen MR) is 80.1 cm³/mol. The van der Waals surface area contributed by atoms with Gasteiger partial charge in [0.15, 0.2) is 5.92 Å². The molecule has 1 N–H and O–H groups in total. The molecule has 0 aliphatic carbocycles. The van der Waals surface area contributed by atoms with Gasteiger partial charge in [0.1, 0.15) is 10.7 Å². The molecule has 0 saturated carbocycles. The van der Waals surface area contributed by atoms with E-state index in [4.69, 9.17) is 16.9 Å². The highest BCUT2D eigenvalue weighted by Crippen LogP contribution is 2.30. The minimum atomic E-state index is -1.39. The lowest BCUT2D eigenvalue weighted by atomic mass is 10.0. The molecule has 0 saturated heterocycles. The van der Waals surface area contributed by atoms with E-state index in [0.29, 0.717) is 15.6 Å². The summed E-state index contributed by atoms with van der Waals surface area (Å²) in [6, 6.07) is 8.81. The third-order valence-electron chi connectivity index (χ3n) is 2.76. The zero-order valence-electron chi connectivity index (χ0n) is 11.0. The molecule has 1 atom stereocenters. The number of ketones is 1. The lowest BCUT2D eigenvalue weighted by Gasteiger charge is -2.04. The average Bonchev–Trinajstić information content (AvgIpc) is 2.97. The van der Waals surface area contributed by atoms with Crippen molar-refractivity contribution < 1.29 is 9.59 Å². The molecular weight excluding hydrogens is 310 g/mol. The van der Waals surface area contributed by atoms with Gasteiger partial charge in [-0.1, -0.05) is 29.8 Å². The van der Waals surface area contributed by atoms with E-state index in [1.165, 1.54) is 23.8 Å². The molecule has 0 fully saturated rings. The van der Waals surface area contributed by atoms with Gasteiger partial charge in [-0.05, 0) is 6.07 Å². The SMILES string of the molecule is CNC(=O)[C@@H](C#N)C(=O)c1csc(-c2ccccc2Cl)n1. The van der Waals surface area contributed by atoms with Crippen molar-refractivity contribution in [2.75, 3.05) is 7.05 Å². The number of rotatable bonds is 4. The quantitative estimate of drug-likeness (QED) is 0.693. The van der Waals surface area contributed by atoms with Gasteiger partial charge >= 0.3 is 0 Å². The minimum absolute atomic E-state index is 0.0880. The first-order chi connectivity index (χ1) is 10.1. The Labute approximate surface area is 130 Å². The van der Waals surface area contributed by atoms with Crippen LogP contribution in [0.25, 0.3) is 10.6 Å². The molecule has 1 aromatic carbocycles. The molecule has 0 radical (unpaired) electrons. The molecule has 106 valence electrons. The summed E-state index contributed by atoms with van der Waals surface area (Å²) in [5.41, 5.74) is 0.793. The van der Waals surface area contributed by atoms with Crippen LogP contribution in [0.3, 0.4) is 0 Å². The van der Waals surface area contributed by atoms with Gasteiger partial charge in [0.2, 0.25) is 11.7 Å². The highest BCUT2D eigenvalue weighted by atomic mass is 35.5. The molecule has 0 spiro atoms. The number of carbonyl (C=O) groups is 2. The molecule has 5 nitrogen and oxygen atoms in total. The van der Waals surface area contributed by atoms with Gasteiger partial charge in [0.05, 0.1) is 11.1 Å². The molecular formula is C14H10ClN3O2S. The van der Waals surface area contributed by atoms with E-state index in [2.05, 4.69) is 10.3 Å². The summed E-state index contributed by atoms with van der Waals surface area (Å²) in [7, 11) is 1.37. The Kier molecular flexibility index (Phi) is 4.68. The number of Topliss-reactive ketones (excluding diaryl/α,β-unsaturated/α-hetero) is 1. The lowest BCUT2D eigenvalue weighted by molar-refractivity contribution is -0.121. The average molecular weight is 320 g/mol. The number of hydrogen-bond acceptors (Lipinski definition) is 5. The van der Waals surface area contributed by atoms with Gasteiger partial charge in [0.25, 0.3) is 0 Å². The van der Waals surface area contributed by atoms with Crippen LogP contribution in [0.2, 0.25) is 5.02 Å². The maximum Gasteiger partial charge on any atom is 0.245 e.